The lowest BCUT2D eigenvalue weighted by Crippen LogP contribution is -2.37. The predicted octanol–water partition coefficient (Wildman–Crippen LogP) is 2.72. The summed E-state index contributed by atoms with van der Waals surface area (Å²) in [4.78, 5) is 23.3. The van der Waals surface area contributed by atoms with E-state index in [-0.39, 0.29) is 13.2 Å². The van der Waals surface area contributed by atoms with Crippen LogP contribution in [0.3, 0.4) is 0 Å². The first kappa shape index (κ1) is 19.4. The minimum atomic E-state index is -0.436. The van der Waals surface area contributed by atoms with Gasteiger partial charge in [-0.3, -0.25) is 9.59 Å². The van der Waals surface area contributed by atoms with Gasteiger partial charge >= 0.3 is 0 Å². The number of amides is 2. The number of carbonyl (C=O) groups excluding carboxylic acids is 2. The van der Waals surface area contributed by atoms with Crippen LogP contribution in [0.25, 0.3) is 6.08 Å². The molecule has 0 fully saturated rings. The highest BCUT2D eigenvalue weighted by Gasteiger charge is 2.05. The van der Waals surface area contributed by atoms with Gasteiger partial charge in [-0.2, -0.15) is 5.10 Å². The molecule has 0 aliphatic rings. The molecule has 0 radical (unpaired) electrons. The van der Waals surface area contributed by atoms with Crippen LogP contribution in [0.4, 0.5) is 0 Å². The van der Waals surface area contributed by atoms with E-state index in [0.717, 1.165) is 5.56 Å². The number of nitrogens with zero attached hydrogens (tertiary/aromatic N) is 1. The van der Waals surface area contributed by atoms with Crippen LogP contribution in [-0.2, 0) is 9.59 Å². The number of para-hydroxylation sites is 1. The van der Waals surface area contributed by atoms with Gasteiger partial charge < -0.3 is 10.1 Å². The number of benzene rings is 2. The van der Waals surface area contributed by atoms with Crippen molar-refractivity contribution in [1.82, 2.24) is 10.7 Å². The van der Waals surface area contributed by atoms with Crippen molar-refractivity contribution >= 4 is 40.0 Å². The molecule has 2 aromatic carbocycles. The SMILES string of the molecule is O=C(COc1ccccc1)NCC(=O)N/N=C\C(Br)=C\c1ccccc1. The minimum absolute atomic E-state index is 0.161. The Labute approximate surface area is 160 Å². The molecular weight excluding hydrogens is 398 g/mol. The highest BCUT2D eigenvalue weighted by Crippen LogP contribution is 2.09. The van der Waals surface area contributed by atoms with Crippen molar-refractivity contribution in [3.05, 3.63) is 70.7 Å². The van der Waals surface area contributed by atoms with E-state index in [0.29, 0.717) is 10.2 Å². The van der Waals surface area contributed by atoms with Crippen LogP contribution in [0.1, 0.15) is 5.56 Å². The summed E-state index contributed by atoms with van der Waals surface area (Å²) >= 11 is 3.34. The molecule has 0 spiro atoms. The Kier molecular flexibility index (Phi) is 8.08. The lowest BCUT2D eigenvalue weighted by Gasteiger charge is -2.06. The van der Waals surface area contributed by atoms with Crippen LogP contribution in [-0.4, -0.2) is 31.2 Å². The number of halogens is 1. The van der Waals surface area contributed by atoms with Crippen LogP contribution >= 0.6 is 15.9 Å². The van der Waals surface area contributed by atoms with Gasteiger partial charge in [0, 0.05) is 4.48 Å². The Bertz CT molecular complexity index is 777. The summed E-state index contributed by atoms with van der Waals surface area (Å²) in [7, 11) is 0. The molecular formula is C19H18BrN3O3. The summed E-state index contributed by atoms with van der Waals surface area (Å²) in [5, 5.41) is 6.27. The van der Waals surface area contributed by atoms with Crippen molar-refractivity contribution in [2.24, 2.45) is 5.10 Å². The number of hydrogen-bond acceptors (Lipinski definition) is 4. The first-order valence-corrected chi connectivity index (χ1v) is 8.61. The summed E-state index contributed by atoms with van der Waals surface area (Å²) < 4.78 is 5.98. The normalized spacial score (nSPS) is 11.2. The third-order valence-electron chi connectivity index (χ3n) is 3.04. The van der Waals surface area contributed by atoms with Crippen molar-refractivity contribution in [2.75, 3.05) is 13.2 Å². The summed E-state index contributed by atoms with van der Waals surface area (Å²) in [5.41, 5.74) is 3.34. The van der Waals surface area contributed by atoms with E-state index in [2.05, 4.69) is 31.8 Å². The lowest BCUT2D eigenvalue weighted by molar-refractivity contribution is -0.127. The monoisotopic (exact) mass is 415 g/mol. The summed E-state index contributed by atoms with van der Waals surface area (Å²) in [6.45, 7) is -0.347. The molecule has 0 saturated heterocycles. The molecule has 2 amide bonds. The molecule has 0 atom stereocenters. The maximum Gasteiger partial charge on any atom is 0.259 e. The fourth-order valence-electron chi connectivity index (χ4n) is 1.85. The second-order valence-electron chi connectivity index (χ2n) is 5.11. The smallest absolute Gasteiger partial charge is 0.259 e. The molecule has 7 heteroatoms. The minimum Gasteiger partial charge on any atom is -0.484 e. The van der Waals surface area contributed by atoms with E-state index in [1.54, 1.807) is 12.1 Å². The second kappa shape index (κ2) is 10.8. The van der Waals surface area contributed by atoms with E-state index in [4.69, 9.17) is 4.74 Å². The molecule has 2 aromatic rings. The molecule has 26 heavy (non-hydrogen) atoms. The maximum atomic E-state index is 11.6. The quantitative estimate of drug-likeness (QED) is 0.513. The van der Waals surface area contributed by atoms with Crippen molar-refractivity contribution in [1.29, 1.82) is 0 Å². The van der Waals surface area contributed by atoms with E-state index in [1.807, 2.05) is 54.6 Å². The van der Waals surface area contributed by atoms with E-state index >= 15 is 0 Å². The van der Waals surface area contributed by atoms with Gasteiger partial charge in [0.05, 0.1) is 12.8 Å². The van der Waals surface area contributed by atoms with Gasteiger partial charge in [0.1, 0.15) is 5.75 Å². The Morgan fingerprint density at radius 1 is 1.00 bits per heavy atom. The number of hydrazone groups is 1. The second-order valence-corrected chi connectivity index (χ2v) is 6.03. The molecule has 0 heterocycles. The number of carbonyl (C=O) groups is 2. The predicted molar refractivity (Wildman–Crippen MR) is 105 cm³/mol. The standard InChI is InChI=1S/C19H18BrN3O3/c20-16(11-15-7-3-1-4-8-15)12-22-23-18(24)13-21-19(25)14-26-17-9-5-2-6-10-17/h1-12H,13-14H2,(H,21,25)(H,23,24)/b16-11-,22-12-. The molecule has 0 bridgehead atoms. The van der Waals surface area contributed by atoms with E-state index < -0.39 is 11.8 Å². The zero-order valence-corrected chi connectivity index (χ0v) is 15.5. The average Bonchev–Trinajstić information content (AvgIpc) is 2.66. The Balaban J connectivity index is 1.66. The Morgan fingerprint density at radius 3 is 2.35 bits per heavy atom. The topological polar surface area (TPSA) is 79.8 Å². The molecule has 0 aromatic heterocycles. The van der Waals surface area contributed by atoms with E-state index in [9.17, 15) is 9.59 Å². The summed E-state index contributed by atoms with van der Waals surface area (Å²) in [6, 6.07) is 18.6. The third-order valence-corrected chi connectivity index (χ3v) is 3.47. The van der Waals surface area contributed by atoms with Gasteiger partial charge in [-0.1, -0.05) is 48.5 Å². The Hall–Kier alpha value is -2.93. The molecule has 0 aliphatic heterocycles. The van der Waals surface area contributed by atoms with Crippen molar-refractivity contribution in [3.63, 3.8) is 0 Å². The molecule has 2 N–H and O–H groups in total. The Morgan fingerprint density at radius 2 is 1.65 bits per heavy atom. The molecule has 2 rings (SSSR count). The molecule has 0 unspecified atom stereocenters. The van der Waals surface area contributed by atoms with Crippen LogP contribution in [0.2, 0.25) is 0 Å². The largest absolute Gasteiger partial charge is 0.484 e. The third kappa shape index (κ3) is 7.76. The highest BCUT2D eigenvalue weighted by atomic mass is 79.9. The van der Waals surface area contributed by atoms with Gasteiger partial charge in [-0.15, -0.1) is 0 Å². The molecule has 134 valence electrons. The number of hydrogen-bond donors (Lipinski definition) is 2. The fraction of sp³-hybridized carbons (Fsp3) is 0.105. The number of ether oxygens (including phenoxy) is 1. The molecule has 0 saturated carbocycles. The van der Waals surface area contributed by atoms with Crippen LogP contribution < -0.4 is 15.5 Å². The number of nitrogens with one attached hydrogen (secondary N) is 2. The summed E-state index contributed by atoms with van der Waals surface area (Å²) in [5.74, 6) is -0.237. The average molecular weight is 416 g/mol. The van der Waals surface area contributed by atoms with Gasteiger partial charge in [-0.05, 0) is 39.7 Å². The first-order valence-electron chi connectivity index (χ1n) is 7.82. The van der Waals surface area contributed by atoms with Gasteiger partial charge in [0.25, 0.3) is 11.8 Å². The van der Waals surface area contributed by atoms with E-state index in [1.165, 1.54) is 6.21 Å². The van der Waals surface area contributed by atoms with Crippen LogP contribution in [0.5, 0.6) is 5.75 Å². The van der Waals surface area contributed by atoms with Crippen LogP contribution in [0.15, 0.2) is 70.2 Å². The van der Waals surface area contributed by atoms with Gasteiger partial charge in [-0.25, -0.2) is 5.43 Å². The zero-order chi connectivity index (χ0) is 18.6. The fourth-order valence-corrected chi connectivity index (χ4v) is 2.21. The number of rotatable bonds is 8. The highest BCUT2D eigenvalue weighted by molar-refractivity contribution is 9.12. The van der Waals surface area contributed by atoms with Crippen molar-refractivity contribution in [3.8, 4) is 5.75 Å². The molecule has 0 aliphatic carbocycles. The van der Waals surface area contributed by atoms with Crippen molar-refractivity contribution < 1.29 is 14.3 Å². The van der Waals surface area contributed by atoms with Gasteiger partial charge in [0.15, 0.2) is 6.61 Å². The van der Waals surface area contributed by atoms with Crippen molar-refractivity contribution in [2.45, 2.75) is 0 Å². The number of allylic oxidation sites excluding steroid dienone is 1. The zero-order valence-electron chi connectivity index (χ0n) is 13.9. The maximum absolute atomic E-state index is 11.6. The first-order chi connectivity index (χ1) is 12.6. The summed E-state index contributed by atoms with van der Waals surface area (Å²) in [6.07, 6.45) is 3.32. The van der Waals surface area contributed by atoms with Gasteiger partial charge in [0.2, 0.25) is 0 Å². The lowest BCUT2D eigenvalue weighted by atomic mass is 10.2. The van der Waals surface area contributed by atoms with Crippen LogP contribution in [0, 0.1) is 0 Å². The molecule has 6 nitrogen and oxygen atoms in total.